The van der Waals surface area contributed by atoms with E-state index in [1.54, 1.807) is 12.0 Å². The Bertz CT molecular complexity index is 1270. The van der Waals surface area contributed by atoms with Crippen molar-refractivity contribution in [3.8, 4) is 11.5 Å². The Labute approximate surface area is 237 Å². The van der Waals surface area contributed by atoms with E-state index in [0.29, 0.717) is 23.2 Å². The first-order chi connectivity index (χ1) is 16.9. The third kappa shape index (κ3) is 6.39. The molecule has 35 heavy (non-hydrogen) atoms. The second-order valence-corrected chi connectivity index (χ2v) is 11.2. The van der Waals surface area contributed by atoms with Crippen LogP contribution < -0.4 is 9.47 Å². The minimum Gasteiger partial charge on any atom is -0.497 e. The molecular formula is C27H24I2N2O3S. The van der Waals surface area contributed by atoms with Gasteiger partial charge in [-0.2, -0.15) is 0 Å². The number of hydrogen-bond donors (Lipinski definition) is 0. The number of likely N-dealkylation sites (N-methyl/N-ethyl adjacent to an activating group) is 1. The van der Waals surface area contributed by atoms with Crippen LogP contribution in [0.3, 0.4) is 0 Å². The van der Waals surface area contributed by atoms with Crippen LogP contribution in [0.15, 0.2) is 70.6 Å². The summed E-state index contributed by atoms with van der Waals surface area (Å²) in [4.78, 5) is 20.1. The Morgan fingerprint density at radius 1 is 1.03 bits per heavy atom. The van der Waals surface area contributed by atoms with E-state index in [2.05, 4.69) is 76.4 Å². The van der Waals surface area contributed by atoms with Crippen LogP contribution in [0.2, 0.25) is 0 Å². The number of aliphatic imine (C=N–C) groups is 1. The lowest BCUT2D eigenvalue weighted by Crippen LogP contribution is -2.28. The first-order valence-corrected chi connectivity index (χ1v) is 14.0. The number of amidine groups is 1. The van der Waals surface area contributed by atoms with Crippen LogP contribution in [0.5, 0.6) is 11.5 Å². The standard InChI is InChI=1S/C27H24I2N2O3S/c1-4-31-26(32)24(35-27(31)30-20-9-11-21(33-3)12-10-20)15-19-13-22(28)25(23(29)14-19)34-16-18-7-5-17(2)6-8-18/h5-15H,4,16H2,1-3H3/b24-15+,30-27?. The van der Waals surface area contributed by atoms with E-state index < -0.39 is 0 Å². The second kappa shape index (κ2) is 11.8. The average Bonchev–Trinajstić information content (AvgIpc) is 3.13. The van der Waals surface area contributed by atoms with Crippen LogP contribution in [-0.4, -0.2) is 29.6 Å². The van der Waals surface area contributed by atoms with Crippen LogP contribution in [0.4, 0.5) is 5.69 Å². The largest absolute Gasteiger partial charge is 0.497 e. The van der Waals surface area contributed by atoms with Gasteiger partial charge in [-0.3, -0.25) is 9.69 Å². The highest BCUT2D eigenvalue weighted by Gasteiger charge is 2.32. The number of hydrogen-bond acceptors (Lipinski definition) is 5. The summed E-state index contributed by atoms with van der Waals surface area (Å²) in [7, 11) is 1.63. The number of thioether (sulfide) groups is 1. The molecule has 1 heterocycles. The van der Waals surface area contributed by atoms with E-state index in [-0.39, 0.29) is 5.91 Å². The maximum absolute atomic E-state index is 13.1. The first kappa shape index (κ1) is 26.0. The summed E-state index contributed by atoms with van der Waals surface area (Å²) >= 11 is 5.98. The van der Waals surface area contributed by atoms with Crippen molar-refractivity contribution in [3.05, 3.63) is 89.4 Å². The van der Waals surface area contributed by atoms with E-state index in [1.165, 1.54) is 17.3 Å². The van der Waals surface area contributed by atoms with Crippen molar-refractivity contribution in [1.82, 2.24) is 4.90 Å². The number of carbonyl (C=O) groups is 1. The number of nitrogens with zero attached hydrogens (tertiary/aromatic N) is 2. The molecule has 0 aromatic heterocycles. The monoisotopic (exact) mass is 710 g/mol. The van der Waals surface area contributed by atoms with Gasteiger partial charge in [0.2, 0.25) is 0 Å². The lowest BCUT2D eigenvalue weighted by Gasteiger charge is -2.12. The van der Waals surface area contributed by atoms with Gasteiger partial charge in [-0.15, -0.1) is 0 Å². The number of carbonyl (C=O) groups excluding carboxylic acids is 1. The predicted molar refractivity (Wildman–Crippen MR) is 160 cm³/mol. The fourth-order valence-corrected chi connectivity index (χ4v) is 6.62. The van der Waals surface area contributed by atoms with E-state index in [0.717, 1.165) is 35.5 Å². The fraction of sp³-hybridized carbons (Fsp3) is 0.185. The quantitative estimate of drug-likeness (QED) is 0.189. The van der Waals surface area contributed by atoms with Crippen molar-refractivity contribution in [3.63, 3.8) is 0 Å². The number of methoxy groups -OCH3 is 1. The first-order valence-electron chi connectivity index (χ1n) is 11.0. The minimum atomic E-state index is -0.0329. The van der Waals surface area contributed by atoms with Gasteiger partial charge in [0.05, 0.1) is 24.8 Å². The van der Waals surface area contributed by atoms with Crippen molar-refractivity contribution in [2.45, 2.75) is 20.5 Å². The van der Waals surface area contributed by atoms with Crippen LogP contribution in [0.1, 0.15) is 23.6 Å². The van der Waals surface area contributed by atoms with Crippen molar-refractivity contribution in [1.29, 1.82) is 0 Å². The van der Waals surface area contributed by atoms with E-state index in [9.17, 15) is 4.79 Å². The van der Waals surface area contributed by atoms with Crippen molar-refractivity contribution < 1.29 is 14.3 Å². The van der Waals surface area contributed by atoms with Crippen molar-refractivity contribution in [2.24, 2.45) is 4.99 Å². The zero-order chi connectivity index (χ0) is 24.9. The highest BCUT2D eigenvalue weighted by atomic mass is 127. The molecule has 3 aromatic rings. The molecule has 0 aliphatic carbocycles. The molecular weight excluding hydrogens is 686 g/mol. The molecule has 1 aliphatic rings. The Morgan fingerprint density at radius 2 is 1.69 bits per heavy atom. The summed E-state index contributed by atoms with van der Waals surface area (Å²) in [5, 5.41) is 0.677. The Morgan fingerprint density at radius 3 is 2.29 bits per heavy atom. The van der Waals surface area contributed by atoms with Gasteiger partial charge in [-0.1, -0.05) is 29.8 Å². The summed E-state index contributed by atoms with van der Waals surface area (Å²) in [6.07, 6.45) is 1.93. The molecule has 0 atom stereocenters. The summed E-state index contributed by atoms with van der Waals surface area (Å²) in [6, 6.07) is 19.9. The molecule has 8 heteroatoms. The predicted octanol–water partition coefficient (Wildman–Crippen LogP) is 7.42. The lowest BCUT2D eigenvalue weighted by atomic mass is 10.1. The molecule has 3 aromatic carbocycles. The molecule has 0 bridgehead atoms. The van der Waals surface area contributed by atoms with Crippen LogP contribution in [0.25, 0.3) is 6.08 Å². The van der Waals surface area contributed by atoms with Gasteiger partial charge < -0.3 is 9.47 Å². The molecule has 1 saturated heterocycles. The summed E-state index contributed by atoms with van der Waals surface area (Å²) < 4.78 is 13.4. The summed E-state index contributed by atoms with van der Waals surface area (Å²) in [6.45, 7) is 5.10. The van der Waals surface area contributed by atoms with E-state index in [1.807, 2.05) is 49.4 Å². The molecule has 180 valence electrons. The van der Waals surface area contributed by atoms with Crippen molar-refractivity contribution >= 4 is 79.8 Å². The Hall–Kier alpha value is -2.05. The van der Waals surface area contributed by atoms with Gasteiger partial charge in [0.1, 0.15) is 18.1 Å². The van der Waals surface area contributed by atoms with Crippen molar-refractivity contribution in [2.75, 3.05) is 13.7 Å². The molecule has 0 N–H and O–H groups in total. The number of halogens is 2. The molecule has 4 rings (SSSR count). The molecule has 5 nitrogen and oxygen atoms in total. The van der Waals surface area contributed by atoms with Gasteiger partial charge >= 0.3 is 0 Å². The molecule has 1 aliphatic heterocycles. The molecule has 0 radical (unpaired) electrons. The summed E-state index contributed by atoms with van der Waals surface area (Å²) in [5.41, 5.74) is 4.09. The number of amides is 1. The van der Waals surface area contributed by atoms with Crippen LogP contribution >= 0.6 is 56.9 Å². The van der Waals surface area contributed by atoms with E-state index in [4.69, 9.17) is 14.5 Å². The molecule has 1 fully saturated rings. The number of benzene rings is 3. The SMILES string of the molecule is CCN1C(=O)/C(=C\c2cc(I)c(OCc3ccc(C)cc3)c(I)c2)SC1=Nc1ccc(OC)cc1. The third-order valence-electron chi connectivity index (χ3n) is 5.32. The minimum absolute atomic E-state index is 0.0329. The zero-order valence-electron chi connectivity index (χ0n) is 19.5. The average molecular weight is 710 g/mol. The maximum atomic E-state index is 13.1. The normalized spacial score (nSPS) is 15.8. The van der Waals surface area contributed by atoms with Crippen LogP contribution in [0, 0.1) is 14.1 Å². The van der Waals surface area contributed by atoms with Gasteiger partial charge in [0, 0.05) is 6.54 Å². The van der Waals surface area contributed by atoms with E-state index >= 15 is 0 Å². The molecule has 1 amide bonds. The van der Waals surface area contributed by atoms with Gasteiger partial charge in [-0.05, 0) is 124 Å². The number of rotatable bonds is 7. The maximum Gasteiger partial charge on any atom is 0.266 e. The van der Waals surface area contributed by atoms with Gasteiger partial charge in [0.15, 0.2) is 5.17 Å². The summed E-state index contributed by atoms with van der Waals surface area (Å²) in [5.74, 6) is 1.60. The number of aryl methyl sites for hydroxylation is 1. The highest BCUT2D eigenvalue weighted by molar-refractivity contribution is 14.1. The molecule has 0 spiro atoms. The van der Waals surface area contributed by atoms with Crippen LogP contribution in [-0.2, 0) is 11.4 Å². The van der Waals surface area contributed by atoms with Gasteiger partial charge in [-0.25, -0.2) is 4.99 Å². The topological polar surface area (TPSA) is 51.1 Å². The second-order valence-electron chi connectivity index (χ2n) is 7.84. The Kier molecular flexibility index (Phi) is 8.77. The number of ether oxygens (including phenoxy) is 2. The highest BCUT2D eigenvalue weighted by Crippen LogP contribution is 2.36. The lowest BCUT2D eigenvalue weighted by molar-refractivity contribution is -0.122. The molecule has 0 unspecified atom stereocenters. The third-order valence-corrected chi connectivity index (χ3v) is 7.93. The smallest absolute Gasteiger partial charge is 0.266 e. The zero-order valence-corrected chi connectivity index (χ0v) is 24.7. The molecule has 0 saturated carbocycles. The fourth-order valence-electron chi connectivity index (χ4n) is 3.43. The Balaban J connectivity index is 1.54. The van der Waals surface area contributed by atoms with Gasteiger partial charge in [0.25, 0.3) is 5.91 Å².